The number of aliphatic carboxylic acids is 1. The van der Waals surface area contributed by atoms with Crippen molar-refractivity contribution in [2.75, 3.05) is 6.54 Å². The molecule has 5 N–H and O–H groups in total. The van der Waals surface area contributed by atoms with E-state index in [1.807, 2.05) is 0 Å². The van der Waals surface area contributed by atoms with E-state index in [4.69, 9.17) is 27.2 Å². The molecule has 2 aromatic rings. The monoisotopic (exact) mass is 409 g/mol. The van der Waals surface area contributed by atoms with Gasteiger partial charge in [0.15, 0.2) is 5.82 Å². The number of carboxylic acids is 1. The van der Waals surface area contributed by atoms with Crippen LogP contribution in [0.25, 0.3) is 0 Å². The highest BCUT2D eigenvalue weighted by atomic mass is 35.5. The van der Waals surface area contributed by atoms with Crippen LogP contribution in [0.15, 0.2) is 41.5 Å². The second-order valence-corrected chi connectivity index (χ2v) is 6.45. The number of aliphatic hydroxyl groups excluding tert-OH is 1. The van der Waals surface area contributed by atoms with Crippen molar-refractivity contribution in [3.63, 3.8) is 0 Å². The number of rotatable bonds is 7. The fraction of sp³-hybridized carbons (Fsp3) is 0.235. The molecule has 3 rings (SSSR count). The second-order valence-electron chi connectivity index (χ2n) is 6.01. The first-order valence-corrected chi connectivity index (χ1v) is 8.55. The largest absolute Gasteiger partial charge is 0.481 e. The Bertz CT molecular complexity index is 896. The number of benzene rings is 1. The minimum atomic E-state index is -1.20. The molecule has 1 aliphatic heterocycles. The van der Waals surface area contributed by atoms with Crippen LogP contribution in [0.3, 0.4) is 0 Å². The maximum Gasteiger partial charge on any atom is 0.304 e. The summed E-state index contributed by atoms with van der Waals surface area (Å²) in [6, 6.07) is 6.90. The van der Waals surface area contributed by atoms with E-state index >= 15 is 0 Å². The zero-order chi connectivity index (χ0) is 20.3. The first-order valence-electron chi connectivity index (χ1n) is 8.17. The lowest BCUT2D eigenvalue weighted by Crippen LogP contribution is -2.48. The van der Waals surface area contributed by atoms with Crippen LogP contribution >= 0.6 is 11.6 Å². The number of aliphatic imine (C=N–C) groups is 1. The maximum absolute atomic E-state index is 13.7. The smallest absolute Gasteiger partial charge is 0.304 e. The quantitative estimate of drug-likeness (QED) is 0.538. The number of hydrogen-bond acceptors (Lipinski definition) is 8. The van der Waals surface area contributed by atoms with Crippen molar-refractivity contribution in [1.29, 1.82) is 0 Å². The summed E-state index contributed by atoms with van der Waals surface area (Å²) >= 11 is 5.65. The van der Waals surface area contributed by atoms with E-state index in [0.717, 1.165) is 6.07 Å². The van der Waals surface area contributed by atoms with Crippen molar-refractivity contribution in [3.8, 4) is 11.6 Å². The average Bonchev–Trinajstić information content (AvgIpc) is 2.98. The van der Waals surface area contributed by atoms with Crippen LogP contribution < -0.4 is 15.9 Å². The minimum absolute atomic E-state index is 0.0865. The van der Waals surface area contributed by atoms with Crippen LogP contribution in [0.5, 0.6) is 11.6 Å². The molecular formula is C17H17ClFN5O4. The Hall–Kier alpha value is -2.79. The van der Waals surface area contributed by atoms with Gasteiger partial charge in [0, 0.05) is 24.3 Å². The standard InChI is InChI=1S/C17H17ClFN5O4/c18-10-5-13(19)16(21-7-10)28-12-3-1-9(2-4-12)15-22-17(27)24(23-15)8-11(20)6-14(25)26/h1-5,7,11,17,27H,6,8,20H2,(H,22,23)(H,25,26)/t11-,17-/m0/s1. The SMILES string of the molecule is N[C@@H](CC(=O)O)CN1NC(c2ccc(Oc3ncc(Cl)cc3F)cc2)=N[C@@H]1O. The highest BCUT2D eigenvalue weighted by Crippen LogP contribution is 2.24. The number of carbonyl (C=O) groups is 1. The van der Waals surface area contributed by atoms with Gasteiger partial charge in [-0.25, -0.2) is 14.4 Å². The summed E-state index contributed by atoms with van der Waals surface area (Å²) < 4.78 is 19.1. The number of aromatic nitrogens is 1. The molecule has 11 heteroatoms. The number of nitrogens with zero attached hydrogens (tertiary/aromatic N) is 3. The van der Waals surface area contributed by atoms with Gasteiger partial charge in [-0.05, 0) is 30.3 Å². The Labute approximate surface area is 164 Å². The lowest BCUT2D eigenvalue weighted by atomic mass is 10.2. The molecule has 9 nitrogen and oxygen atoms in total. The van der Waals surface area contributed by atoms with Gasteiger partial charge >= 0.3 is 5.97 Å². The summed E-state index contributed by atoms with van der Waals surface area (Å²) in [6.45, 7) is 0.0865. The Kier molecular flexibility index (Phi) is 6.05. The van der Waals surface area contributed by atoms with E-state index in [-0.39, 0.29) is 23.9 Å². The van der Waals surface area contributed by atoms with Crippen LogP contribution in [0.4, 0.5) is 4.39 Å². The highest BCUT2D eigenvalue weighted by molar-refractivity contribution is 6.30. The van der Waals surface area contributed by atoms with Crippen LogP contribution in [0.2, 0.25) is 5.02 Å². The van der Waals surface area contributed by atoms with E-state index in [1.54, 1.807) is 24.3 Å². The Morgan fingerprint density at radius 3 is 2.79 bits per heavy atom. The van der Waals surface area contributed by atoms with Crippen molar-refractivity contribution < 1.29 is 24.1 Å². The minimum Gasteiger partial charge on any atom is -0.481 e. The summed E-state index contributed by atoms with van der Waals surface area (Å²) in [4.78, 5) is 18.5. The number of carboxylic acid groups (broad SMARTS) is 1. The fourth-order valence-electron chi connectivity index (χ4n) is 2.50. The number of hydrogen-bond donors (Lipinski definition) is 4. The van der Waals surface area contributed by atoms with Crippen LogP contribution in [-0.2, 0) is 4.79 Å². The molecule has 0 aliphatic carbocycles. The number of pyridine rings is 1. The molecule has 2 atom stereocenters. The molecule has 1 aromatic carbocycles. The second kappa shape index (κ2) is 8.48. The molecule has 0 fully saturated rings. The van der Waals surface area contributed by atoms with Crippen molar-refractivity contribution in [2.24, 2.45) is 10.7 Å². The Morgan fingerprint density at radius 1 is 1.43 bits per heavy atom. The van der Waals surface area contributed by atoms with Crippen molar-refractivity contribution in [1.82, 2.24) is 15.4 Å². The molecule has 0 saturated heterocycles. The molecule has 0 unspecified atom stereocenters. The van der Waals surface area contributed by atoms with Crippen molar-refractivity contribution in [2.45, 2.75) is 18.8 Å². The van der Waals surface area contributed by atoms with E-state index in [2.05, 4.69) is 15.4 Å². The number of halogens is 2. The summed E-state index contributed by atoms with van der Waals surface area (Å²) in [5.74, 6) is -1.20. The van der Waals surface area contributed by atoms with Crippen molar-refractivity contribution >= 4 is 23.4 Å². The number of nitrogens with two attached hydrogens (primary N) is 1. The molecule has 0 saturated carbocycles. The molecule has 148 valence electrons. The lowest BCUT2D eigenvalue weighted by Gasteiger charge is -2.22. The summed E-state index contributed by atoms with van der Waals surface area (Å²) in [5, 5.41) is 20.3. The summed E-state index contributed by atoms with van der Waals surface area (Å²) in [5.41, 5.74) is 9.24. The topological polar surface area (TPSA) is 133 Å². The normalized spacial score (nSPS) is 17.7. The Balaban J connectivity index is 1.63. The van der Waals surface area contributed by atoms with Gasteiger partial charge in [0.2, 0.25) is 6.35 Å². The number of hydrazine groups is 1. The maximum atomic E-state index is 13.7. The van der Waals surface area contributed by atoms with Crippen LogP contribution in [-0.4, -0.2) is 50.9 Å². The van der Waals surface area contributed by atoms with E-state index in [0.29, 0.717) is 17.1 Å². The van der Waals surface area contributed by atoms with Gasteiger partial charge < -0.3 is 20.7 Å². The van der Waals surface area contributed by atoms with Gasteiger partial charge in [0.1, 0.15) is 11.6 Å². The zero-order valence-corrected chi connectivity index (χ0v) is 15.2. The van der Waals surface area contributed by atoms with Gasteiger partial charge in [-0.15, -0.1) is 0 Å². The molecule has 0 radical (unpaired) electrons. The van der Waals surface area contributed by atoms with Crippen LogP contribution in [0.1, 0.15) is 12.0 Å². The van der Waals surface area contributed by atoms with E-state index < -0.39 is 24.2 Å². The molecule has 1 aliphatic rings. The Morgan fingerprint density at radius 2 is 2.14 bits per heavy atom. The molecule has 0 amide bonds. The first kappa shape index (κ1) is 20.0. The average molecular weight is 410 g/mol. The predicted molar refractivity (Wildman–Crippen MR) is 98.3 cm³/mol. The third-order valence-corrected chi connectivity index (χ3v) is 3.96. The predicted octanol–water partition coefficient (Wildman–Crippen LogP) is 1.31. The molecule has 2 heterocycles. The van der Waals surface area contributed by atoms with Gasteiger partial charge in [-0.1, -0.05) is 11.6 Å². The molecule has 0 bridgehead atoms. The zero-order valence-electron chi connectivity index (χ0n) is 14.4. The van der Waals surface area contributed by atoms with Crippen LogP contribution in [0, 0.1) is 5.82 Å². The first-order chi connectivity index (χ1) is 13.3. The highest BCUT2D eigenvalue weighted by Gasteiger charge is 2.27. The fourth-order valence-corrected chi connectivity index (χ4v) is 2.64. The number of nitrogens with one attached hydrogen (secondary N) is 1. The van der Waals surface area contributed by atoms with Gasteiger partial charge in [0.25, 0.3) is 5.88 Å². The third kappa shape index (κ3) is 4.93. The number of amidine groups is 1. The molecule has 0 spiro atoms. The van der Waals surface area contributed by atoms with E-state index in [9.17, 15) is 14.3 Å². The number of aliphatic hydroxyl groups is 1. The lowest BCUT2D eigenvalue weighted by molar-refractivity contribution is -0.137. The number of ether oxygens (including phenoxy) is 1. The molecule has 28 heavy (non-hydrogen) atoms. The summed E-state index contributed by atoms with van der Waals surface area (Å²) in [6.07, 6.45) is -0.156. The molecule has 1 aromatic heterocycles. The van der Waals surface area contributed by atoms with Crippen molar-refractivity contribution in [3.05, 3.63) is 52.9 Å². The van der Waals surface area contributed by atoms with Gasteiger partial charge in [0.05, 0.1) is 11.4 Å². The molecular weight excluding hydrogens is 393 g/mol. The third-order valence-electron chi connectivity index (χ3n) is 3.76. The van der Waals surface area contributed by atoms with E-state index in [1.165, 1.54) is 11.2 Å². The van der Waals surface area contributed by atoms with Gasteiger partial charge in [-0.2, -0.15) is 5.01 Å². The van der Waals surface area contributed by atoms with Gasteiger partial charge in [-0.3, -0.25) is 10.2 Å². The summed E-state index contributed by atoms with van der Waals surface area (Å²) in [7, 11) is 0.